The van der Waals surface area contributed by atoms with Crippen molar-refractivity contribution in [1.29, 1.82) is 0 Å². The van der Waals surface area contributed by atoms with Gasteiger partial charge in [0.1, 0.15) is 0 Å². The molecule has 5 nitrogen and oxygen atoms in total. The van der Waals surface area contributed by atoms with Gasteiger partial charge in [-0.05, 0) is 43.0 Å². The summed E-state index contributed by atoms with van der Waals surface area (Å²) in [5.74, 6) is -0.292. The molecule has 0 bridgehead atoms. The Hall–Kier alpha value is -2.66. The average Bonchev–Trinajstić information content (AvgIpc) is 2.77. The first-order valence-electron chi connectivity index (χ1n) is 8.97. The summed E-state index contributed by atoms with van der Waals surface area (Å²) in [5, 5.41) is 5.13. The Bertz CT molecular complexity index is 769. The predicted molar refractivity (Wildman–Crippen MR) is 102 cm³/mol. The zero-order chi connectivity index (χ0) is 18.7. The number of benzene rings is 2. The number of nitrogens with zero attached hydrogens (tertiary/aromatic N) is 1. The van der Waals surface area contributed by atoms with E-state index in [1.807, 2.05) is 45.0 Å². The summed E-state index contributed by atoms with van der Waals surface area (Å²) < 4.78 is 0. The van der Waals surface area contributed by atoms with E-state index in [0.717, 1.165) is 0 Å². The van der Waals surface area contributed by atoms with Crippen molar-refractivity contribution >= 4 is 11.9 Å². The van der Waals surface area contributed by atoms with Gasteiger partial charge in [-0.3, -0.25) is 15.0 Å². The quantitative estimate of drug-likeness (QED) is 0.892. The topological polar surface area (TPSA) is 61.4 Å². The molecule has 0 aliphatic carbocycles. The molecule has 2 N–H and O–H groups in total. The standard InChI is InChI=1S/C21H25N3O2/c1-14(2)22-21(26)23-20(25)15(3)24-12-16-8-4-6-10-18(16)19-11-7-5-9-17(19)13-24/h4-11,14-15H,12-13H2,1-3H3,(H2,22,23,25,26). The highest BCUT2D eigenvalue weighted by molar-refractivity contribution is 5.96. The second-order valence-corrected chi connectivity index (χ2v) is 7.01. The van der Waals surface area contributed by atoms with Crippen LogP contribution in [0.5, 0.6) is 0 Å². The largest absolute Gasteiger partial charge is 0.336 e. The average molecular weight is 351 g/mol. The van der Waals surface area contributed by atoms with Crippen LogP contribution in [0.25, 0.3) is 11.1 Å². The molecular weight excluding hydrogens is 326 g/mol. The van der Waals surface area contributed by atoms with Crippen LogP contribution in [0, 0.1) is 0 Å². The predicted octanol–water partition coefficient (Wildman–Crippen LogP) is 3.29. The van der Waals surface area contributed by atoms with E-state index in [-0.39, 0.29) is 11.9 Å². The fourth-order valence-corrected chi connectivity index (χ4v) is 3.29. The highest BCUT2D eigenvalue weighted by atomic mass is 16.2. The number of carbonyl (C=O) groups is 2. The number of hydrogen-bond donors (Lipinski definition) is 2. The lowest BCUT2D eigenvalue weighted by molar-refractivity contribution is -0.125. The van der Waals surface area contributed by atoms with Gasteiger partial charge in [0.15, 0.2) is 0 Å². The fourth-order valence-electron chi connectivity index (χ4n) is 3.29. The molecule has 3 amide bonds. The van der Waals surface area contributed by atoms with Crippen LogP contribution < -0.4 is 10.6 Å². The molecule has 136 valence electrons. The van der Waals surface area contributed by atoms with Crippen molar-refractivity contribution < 1.29 is 9.59 Å². The number of amides is 3. The van der Waals surface area contributed by atoms with E-state index >= 15 is 0 Å². The molecular formula is C21H25N3O2. The number of nitrogens with one attached hydrogen (secondary N) is 2. The van der Waals surface area contributed by atoms with Crippen LogP contribution in [-0.2, 0) is 17.9 Å². The van der Waals surface area contributed by atoms with Gasteiger partial charge in [-0.2, -0.15) is 0 Å². The Labute approximate surface area is 154 Å². The molecule has 1 heterocycles. The van der Waals surface area contributed by atoms with Gasteiger partial charge in [-0.25, -0.2) is 4.79 Å². The molecule has 5 heteroatoms. The van der Waals surface area contributed by atoms with Crippen molar-refractivity contribution in [2.24, 2.45) is 0 Å². The minimum absolute atomic E-state index is 0.0185. The molecule has 3 rings (SSSR count). The first kappa shape index (κ1) is 18.1. The highest BCUT2D eigenvalue weighted by Gasteiger charge is 2.27. The van der Waals surface area contributed by atoms with Gasteiger partial charge >= 0.3 is 6.03 Å². The van der Waals surface area contributed by atoms with Crippen molar-refractivity contribution in [2.75, 3.05) is 0 Å². The highest BCUT2D eigenvalue weighted by Crippen LogP contribution is 2.33. The third-order valence-corrected chi connectivity index (χ3v) is 4.66. The van der Waals surface area contributed by atoms with E-state index in [1.165, 1.54) is 22.3 Å². The summed E-state index contributed by atoms with van der Waals surface area (Å²) in [6, 6.07) is 15.7. The van der Waals surface area contributed by atoms with Crippen LogP contribution in [0.2, 0.25) is 0 Å². The number of fused-ring (bicyclic) bond motifs is 3. The van der Waals surface area contributed by atoms with Crippen LogP contribution in [-0.4, -0.2) is 28.9 Å². The smallest absolute Gasteiger partial charge is 0.321 e. The lowest BCUT2D eigenvalue weighted by atomic mass is 9.97. The first-order valence-corrected chi connectivity index (χ1v) is 8.97. The Morgan fingerprint density at radius 1 is 0.885 bits per heavy atom. The van der Waals surface area contributed by atoms with E-state index in [9.17, 15) is 9.59 Å². The number of carbonyl (C=O) groups excluding carboxylic acids is 2. The third kappa shape index (κ3) is 3.94. The maximum atomic E-state index is 12.6. The molecule has 1 aliphatic rings. The molecule has 0 fully saturated rings. The summed E-state index contributed by atoms with van der Waals surface area (Å²) in [5.41, 5.74) is 4.78. The second-order valence-electron chi connectivity index (χ2n) is 7.01. The van der Waals surface area contributed by atoms with Crippen LogP contribution in [0.15, 0.2) is 48.5 Å². The van der Waals surface area contributed by atoms with E-state index in [2.05, 4.69) is 39.8 Å². The van der Waals surface area contributed by atoms with Crippen LogP contribution in [0.3, 0.4) is 0 Å². The summed E-state index contributed by atoms with van der Waals surface area (Å²) in [4.78, 5) is 26.5. The molecule has 0 saturated carbocycles. The number of urea groups is 1. The maximum Gasteiger partial charge on any atom is 0.321 e. The van der Waals surface area contributed by atoms with E-state index in [0.29, 0.717) is 13.1 Å². The number of hydrogen-bond acceptors (Lipinski definition) is 3. The van der Waals surface area contributed by atoms with Crippen molar-refractivity contribution in [1.82, 2.24) is 15.5 Å². The normalized spacial score (nSPS) is 14.8. The molecule has 0 radical (unpaired) electrons. The second kappa shape index (κ2) is 7.70. The Morgan fingerprint density at radius 2 is 1.38 bits per heavy atom. The number of imide groups is 1. The van der Waals surface area contributed by atoms with Crippen LogP contribution in [0.1, 0.15) is 31.9 Å². The van der Waals surface area contributed by atoms with E-state index in [4.69, 9.17) is 0 Å². The van der Waals surface area contributed by atoms with Crippen LogP contribution in [0.4, 0.5) is 4.79 Å². The first-order chi connectivity index (χ1) is 12.5. The van der Waals surface area contributed by atoms with Gasteiger partial charge in [0, 0.05) is 19.1 Å². The molecule has 1 unspecified atom stereocenters. The molecule has 2 aromatic carbocycles. The maximum absolute atomic E-state index is 12.6. The summed E-state index contributed by atoms with van der Waals surface area (Å²) in [6.07, 6.45) is 0. The third-order valence-electron chi connectivity index (χ3n) is 4.66. The van der Waals surface area contributed by atoms with Crippen molar-refractivity contribution in [3.63, 3.8) is 0 Å². The molecule has 0 aromatic heterocycles. The van der Waals surface area contributed by atoms with E-state index < -0.39 is 12.1 Å². The van der Waals surface area contributed by atoms with Gasteiger partial charge in [-0.1, -0.05) is 48.5 Å². The van der Waals surface area contributed by atoms with Gasteiger partial charge in [0.2, 0.25) is 5.91 Å². The Balaban J connectivity index is 1.83. The van der Waals surface area contributed by atoms with Crippen molar-refractivity contribution in [3.8, 4) is 11.1 Å². The van der Waals surface area contributed by atoms with Gasteiger partial charge in [0.05, 0.1) is 6.04 Å². The molecule has 26 heavy (non-hydrogen) atoms. The summed E-state index contributed by atoms with van der Waals surface area (Å²) in [7, 11) is 0. The molecule has 2 aromatic rings. The minimum atomic E-state index is -0.451. The minimum Gasteiger partial charge on any atom is -0.336 e. The number of rotatable bonds is 3. The van der Waals surface area contributed by atoms with Gasteiger partial charge in [-0.15, -0.1) is 0 Å². The van der Waals surface area contributed by atoms with Crippen molar-refractivity contribution in [2.45, 2.75) is 45.9 Å². The Kier molecular flexibility index (Phi) is 5.38. The SMILES string of the molecule is CC(C)NC(=O)NC(=O)C(C)N1Cc2ccccc2-c2ccccc2C1. The fraction of sp³-hybridized carbons (Fsp3) is 0.333. The summed E-state index contributed by atoms with van der Waals surface area (Å²) in [6.45, 7) is 6.87. The molecule has 0 saturated heterocycles. The lowest BCUT2D eigenvalue weighted by Gasteiger charge is -2.27. The van der Waals surface area contributed by atoms with Crippen LogP contribution >= 0.6 is 0 Å². The monoisotopic (exact) mass is 351 g/mol. The van der Waals surface area contributed by atoms with Gasteiger partial charge in [0.25, 0.3) is 0 Å². The molecule has 1 atom stereocenters. The van der Waals surface area contributed by atoms with Gasteiger partial charge < -0.3 is 5.32 Å². The summed E-state index contributed by atoms with van der Waals surface area (Å²) >= 11 is 0. The van der Waals surface area contributed by atoms with E-state index in [1.54, 1.807) is 0 Å². The lowest BCUT2D eigenvalue weighted by Crippen LogP contribution is -2.50. The molecule has 0 spiro atoms. The Morgan fingerprint density at radius 3 is 1.88 bits per heavy atom. The zero-order valence-electron chi connectivity index (χ0n) is 15.5. The van der Waals surface area contributed by atoms with Crippen molar-refractivity contribution in [3.05, 3.63) is 59.7 Å². The zero-order valence-corrected chi connectivity index (χ0v) is 15.5. The molecule has 1 aliphatic heterocycles.